The number of aromatic amines is 1. The number of fused-ring (bicyclic) bond motifs is 2. The number of hydrogen-bond donors (Lipinski definition) is 1. The van der Waals surface area contributed by atoms with E-state index < -0.39 is 0 Å². The fraction of sp³-hybridized carbons (Fsp3) is 0.167. The SMILES string of the molecule is c1cc2n(c1)CCC2Cc1cc2ccc(Oc3ccc(-c4ccn[nH]4)cn3)cc2o1. The molecule has 1 atom stereocenters. The van der Waals surface area contributed by atoms with Crippen LogP contribution in [-0.2, 0) is 13.0 Å². The van der Waals surface area contributed by atoms with Crippen molar-refractivity contribution in [3.8, 4) is 22.9 Å². The highest BCUT2D eigenvalue weighted by atomic mass is 16.5. The van der Waals surface area contributed by atoms with Crippen LogP contribution in [0.2, 0.25) is 0 Å². The van der Waals surface area contributed by atoms with Crippen molar-refractivity contribution in [3.05, 3.63) is 84.6 Å². The molecule has 30 heavy (non-hydrogen) atoms. The Hall–Kier alpha value is -3.80. The van der Waals surface area contributed by atoms with Gasteiger partial charge in [-0.15, -0.1) is 0 Å². The van der Waals surface area contributed by atoms with E-state index in [0.717, 1.165) is 41.0 Å². The van der Waals surface area contributed by atoms with Gasteiger partial charge in [-0.25, -0.2) is 4.98 Å². The third-order valence-corrected chi connectivity index (χ3v) is 5.76. The van der Waals surface area contributed by atoms with E-state index in [9.17, 15) is 0 Å². The Morgan fingerprint density at radius 3 is 3.00 bits per heavy atom. The van der Waals surface area contributed by atoms with Gasteiger partial charge in [-0.3, -0.25) is 5.10 Å². The summed E-state index contributed by atoms with van der Waals surface area (Å²) in [4.78, 5) is 4.40. The molecule has 0 saturated heterocycles. The van der Waals surface area contributed by atoms with E-state index in [-0.39, 0.29) is 0 Å². The molecule has 0 bridgehead atoms. The first-order chi connectivity index (χ1) is 14.8. The fourth-order valence-corrected chi connectivity index (χ4v) is 4.26. The topological polar surface area (TPSA) is 68.9 Å². The number of H-pyrrole nitrogens is 1. The summed E-state index contributed by atoms with van der Waals surface area (Å²) in [6, 6.07) is 18.1. The summed E-state index contributed by atoms with van der Waals surface area (Å²) in [5.41, 5.74) is 4.13. The quantitative estimate of drug-likeness (QED) is 0.423. The largest absolute Gasteiger partial charge is 0.461 e. The Balaban J connectivity index is 1.20. The van der Waals surface area contributed by atoms with Crippen LogP contribution in [-0.4, -0.2) is 19.7 Å². The predicted octanol–water partition coefficient (Wildman–Crippen LogP) is 5.54. The molecule has 5 aromatic rings. The number of aromatic nitrogens is 4. The first kappa shape index (κ1) is 17.1. The fourth-order valence-electron chi connectivity index (χ4n) is 4.26. The molecule has 6 nitrogen and oxygen atoms in total. The number of nitrogens with one attached hydrogen (secondary N) is 1. The minimum atomic E-state index is 0.522. The van der Waals surface area contributed by atoms with Crippen molar-refractivity contribution in [1.82, 2.24) is 19.7 Å². The minimum absolute atomic E-state index is 0.522. The summed E-state index contributed by atoms with van der Waals surface area (Å²) in [5, 5.41) is 7.99. The monoisotopic (exact) mass is 396 g/mol. The maximum atomic E-state index is 6.15. The molecule has 1 aliphatic heterocycles. The van der Waals surface area contributed by atoms with Gasteiger partial charge in [-0.1, -0.05) is 0 Å². The van der Waals surface area contributed by atoms with E-state index in [1.165, 1.54) is 12.1 Å². The highest BCUT2D eigenvalue weighted by Gasteiger charge is 2.23. The van der Waals surface area contributed by atoms with Gasteiger partial charge in [0.25, 0.3) is 0 Å². The molecule has 0 saturated carbocycles. The number of nitrogens with zero attached hydrogens (tertiary/aromatic N) is 3. The summed E-state index contributed by atoms with van der Waals surface area (Å²) in [6.45, 7) is 1.09. The van der Waals surface area contributed by atoms with Crippen LogP contribution < -0.4 is 4.74 Å². The number of rotatable bonds is 5. The van der Waals surface area contributed by atoms with Gasteiger partial charge in [0.05, 0.1) is 5.69 Å². The van der Waals surface area contributed by atoms with Crippen molar-refractivity contribution in [2.24, 2.45) is 0 Å². The lowest BCUT2D eigenvalue weighted by atomic mass is 9.99. The smallest absolute Gasteiger partial charge is 0.219 e. The van der Waals surface area contributed by atoms with Gasteiger partial charge < -0.3 is 13.7 Å². The van der Waals surface area contributed by atoms with E-state index >= 15 is 0 Å². The molecule has 5 heterocycles. The van der Waals surface area contributed by atoms with Crippen molar-refractivity contribution >= 4 is 11.0 Å². The van der Waals surface area contributed by atoms with Crippen molar-refractivity contribution in [3.63, 3.8) is 0 Å². The minimum Gasteiger partial charge on any atom is -0.461 e. The highest BCUT2D eigenvalue weighted by molar-refractivity contribution is 5.79. The average Bonchev–Trinajstić information content (AvgIpc) is 3.54. The third-order valence-electron chi connectivity index (χ3n) is 5.76. The number of pyridine rings is 1. The Labute approximate surface area is 173 Å². The Morgan fingerprint density at radius 1 is 1.13 bits per heavy atom. The van der Waals surface area contributed by atoms with Crippen LogP contribution in [0.1, 0.15) is 23.8 Å². The molecule has 6 rings (SSSR count). The molecule has 0 amide bonds. The van der Waals surface area contributed by atoms with Crippen LogP contribution in [0.3, 0.4) is 0 Å². The van der Waals surface area contributed by atoms with E-state index in [1.54, 1.807) is 12.4 Å². The standard InChI is InChI=1S/C24H20N4O2/c1-2-22-16(8-11-28(22)10-1)12-20-13-17-3-5-19(14-23(17)29-20)30-24-6-4-18(15-25-24)21-7-9-26-27-21/h1-7,9-10,13-16H,8,11-12H2,(H,26,27). The lowest BCUT2D eigenvalue weighted by molar-refractivity contribution is 0.461. The maximum absolute atomic E-state index is 6.15. The molecular formula is C24H20N4O2. The summed E-state index contributed by atoms with van der Waals surface area (Å²) in [5.74, 6) is 2.79. The van der Waals surface area contributed by atoms with Crippen molar-refractivity contribution in [2.75, 3.05) is 0 Å². The van der Waals surface area contributed by atoms with Gasteiger partial charge in [0.1, 0.15) is 17.1 Å². The van der Waals surface area contributed by atoms with Crippen LogP contribution in [0.25, 0.3) is 22.2 Å². The van der Waals surface area contributed by atoms with Crippen molar-refractivity contribution in [1.29, 1.82) is 0 Å². The Kier molecular flexibility index (Phi) is 3.94. The predicted molar refractivity (Wildman–Crippen MR) is 114 cm³/mol. The highest BCUT2D eigenvalue weighted by Crippen LogP contribution is 2.34. The first-order valence-electron chi connectivity index (χ1n) is 10.1. The Morgan fingerprint density at radius 2 is 2.13 bits per heavy atom. The van der Waals surface area contributed by atoms with E-state index in [0.29, 0.717) is 17.5 Å². The molecule has 6 heteroatoms. The second-order valence-electron chi connectivity index (χ2n) is 7.69. The van der Waals surface area contributed by atoms with Crippen molar-refractivity contribution in [2.45, 2.75) is 25.3 Å². The van der Waals surface area contributed by atoms with E-state index in [2.05, 4.69) is 44.1 Å². The number of hydrogen-bond acceptors (Lipinski definition) is 4. The van der Waals surface area contributed by atoms with Crippen LogP contribution in [0, 0.1) is 0 Å². The van der Waals surface area contributed by atoms with Gasteiger partial charge in [-0.2, -0.15) is 5.10 Å². The van der Waals surface area contributed by atoms with Gasteiger partial charge in [0.15, 0.2) is 0 Å². The molecule has 0 aliphatic carbocycles. The molecule has 0 fully saturated rings. The zero-order valence-electron chi connectivity index (χ0n) is 16.3. The normalized spacial score (nSPS) is 15.5. The molecule has 1 unspecified atom stereocenters. The van der Waals surface area contributed by atoms with Gasteiger partial charge in [0.2, 0.25) is 5.88 Å². The number of ether oxygens (including phenoxy) is 1. The van der Waals surface area contributed by atoms with Crippen LogP contribution in [0.5, 0.6) is 11.6 Å². The molecule has 0 radical (unpaired) electrons. The van der Waals surface area contributed by atoms with Gasteiger partial charge >= 0.3 is 0 Å². The maximum Gasteiger partial charge on any atom is 0.219 e. The van der Waals surface area contributed by atoms with E-state index in [4.69, 9.17) is 9.15 Å². The van der Waals surface area contributed by atoms with E-state index in [1.807, 2.05) is 36.4 Å². The third kappa shape index (κ3) is 3.06. The summed E-state index contributed by atoms with van der Waals surface area (Å²) >= 11 is 0. The second kappa shape index (κ2) is 6.91. The molecule has 148 valence electrons. The summed E-state index contributed by atoms with van der Waals surface area (Å²) in [7, 11) is 0. The summed E-state index contributed by atoms with van der Waals surface area (Å²) < 4.78 is 14.4. The van der Waals surface area contributed by atoms with Crippen LogP contribution >= 0.6 is 0 Å². The van der Waals surface area contributed by atoms with Crippen molar-refractivity contribution < 1.29 is 9.15 Å². The Bertz CT molecular complexity index is 1300. The lowest BCUT2D eigenvalue weighted by Crippen LogP contribution is -1.97. The number of furan rings is 1. The zero-order valence-corrected chi connectivity index (χ0v) is 16.3. The first-order valence-corrected chi connectivity index (χ1v) is 10.1. The summed E-state index contributed by atoms with van der Waals surface area (Å²) in [6.07, 6.45) is 7.74. The second-order valence-corrected chi connectivity index (χ2v) is 7.69. The van der Waals surface area contributed by atoms with Gasteiger partial charge in [0, 0.05) is 66.3 Å². The van der Waals surface area contributed by atoms with Crippen LogP contribution in [0.4, 0.5) is 0 Å². The molecule has 0 spiro atoms. The average molecular weight is 396 g/mol. The lowest BCUT2D eigenvalue weighted by Gasteiger charge is -2.06. The molecule has 4 aromatic heterocycles. The zero-order chi connectivity index (χ0) is 19.9. The molecular weight excluding hydrogens is 376 g/mol. The van der Waals surface area contributed by atoms with Gasteiger partial charge in [-0.05, 0) is 48.9 Å². The van der Waals surface area contributed by atoms with Crippen LogP contribution in [0.15, 0.2) is 77.6 Å². The molecule has 1 N–H and O–H groups in total. The molecule has 1 aromatic carbocycles. The number of benzene rings is 1. The molecule has 1 aliphatic rings. The number of aryl methyl sites for hydroxylation is 1.